The van der Waals surface area contributed by atoms with E-state index in [1.165, 1.54) is 11.0 Å². The molecule has 21 heavy (non-hydrogen) atoms. The average molecular weight is 289 g/mol. The first kappa shape index (κ1) is 15.2. The van der Waals surface area contributed by atoms with Crippen molar-refractivity contribution in [3.63, 3.8) is 0 Å². The van der Waals surface area contributed by atoms with Crippen LogP contribution in [0.5, 0.6) is 0 Å². The topological polar surface area (TPSA) is 20.3 Å². The largest absolute Gasteiger partial charge is 0.312 e. The zero-order chi connectivity index (χ0) is 15.4. The highest BCUT2D eigenvalue weighted by atomic mass is 19.2. The van der Waals surface area contributed by atoms with Gasteiger partial charge in [-0.25, -0.2) is 8.78 Å². The Kier molecular flexibility index (Phi) is 4.68. The van der Waals surface area contributed by atoms with Gasteiger partial charge in [0.25, 0.3) is 0 Å². The van der Waals surface area contributed by atoms with Crippen LogP contribution in [-0.4, -0.2) is 12.5 Å². The molecule has 0 unspecified atom stereocenters. The van der Waals surface area contributed by atoms with Gasteiger partial charge < -0.3 is 4.90 Å². The summed E-state index contributed by atoms with van der Waals surface area (Å²) in [5, 5.41) is 0. The van der Waals surface area contributed by atoms with Gasteiger partial charge in [-0.15, -0.1) is 0 Å². The molecule has 0 aliphatic rings. The van der Waals surface area contributed by atoms with Crippen LogP contribution in [0.25, 0.3) is 0 Å². The molecule has 0 radical (unpaired) electrons. The number of likely N-dealkylation sites (N-methyl/N-ethyl adjacent to an activating group) is 1. The highest BCUT2D eigenvalue weighted by Gasteiger charge is 2.16. The van der Waals surface area contributed by atoms with Gasteiger partial charge in [0.05, 0.1) is 6.42 Å². The van der Waals surface area contributed by atoms with E-state index in [1.54, 1.807) is 6.92 Å². The lowest BCUT2D eigenvalue weighted by Crippen LogP contribution is -2.32. The normalized spacial score (nSPS) is 10.5. The van der Waals surface area contributed by atoms with E-state index in [0.717, 1.165) is 23.3 Å². The third kappa shape index (κ3) is 3.66. The number of halogens is 2. The number of aryl methyl sites for hydroxylation is 1. The maximum atomic E-state index is 13.3. The van der Waals surface area contributed by atoms with Gasteiger partial charge >= 0.3 is 0 Å². The molecule has 0 aromatic heterocycles. The van der Waals surface area contributed by atoms with Gasteiger partial charge in [0.2, 0.25) is 5.91 Å². The molecule has 110 valence electrons. The van der Waals surface area contributed by atoms with Crippen molar-refractivity contribution in [2.24, 2.45) is 0 Å². The van der Waals surface area contributed by atoms with E-state index in [-0.39, 0.29) is 12.3 Å². The van der Waals surface area contributed by atoms with Crippen LogP contribution >= 0.6 is 0 Å². The summed E-state index contributed by atoms with van der Waals surface area (Å²) in [7, 11) is 0. The molecule has 2 rings (SSSR count). The predicted octanol–water partition coefficient (Wildman–Crippen LogP) is 3.87. The van der Waals surface area contributed by atoms with Crippen LogP contribution in [0.3, 0.4) is 0 Å². The lowest BCUT2D eigenvalue weighted by Gasteiger charge is -2.21. The van der Waals surface area contributed by atoms with Gasteiger partial charge in [0, 0.05) is 18.3 Å². The summed E-state index contributed by atoms with van der Waals surface area (Å²) < 4.78 is 26.3. The monoisotopic (exact) mass is 289 g/mol. The van der Waals surface area contributed by atoms with E-state index in [1.807, 2.05) is 31.2 Å². The van der Waals surface area contributed by atoms with Gasteiger partial charge in [-0.05, 0) is 31.5 Å². The molecule has 2 aromatic rings. The summed E-state index contributed by atoms with van der Waals surface area (Å²) >= 11 is 0. The molecule has 0 heterocycles. The van der Waals surface area contributed by atoms with Crippen molar-refractivity contribution in [3.8, 4) is 0 Å². The molecule has 2 nitrogen and oxygen atoms in total. The summed E-state index contributed by atoms with van der Waals surface area (Å²) in [6.45, 7) is 4.18. The first-order valence-corrected chi connectivity index (χ1v) is 6.82. The van der Waals surface area contributed by atoms with Crippen LogP contribution in [0.15, 0.2) is 42.5 Å². The van der Waals surface area contributed by atoms with Crippen molar-refractivity contribution in [2.45, 2.75) is 20.3 Å². The standard InChI is InChI=1S/C17H17F2NO/c1-3-20(14-8-9-15(18)16(19)11-14)17(21)10-13-6-4-12(2)5-7-13/h4-9,11H,3,10H2,1-2H3. The highest BCUT2D eigenvalue weighted by Crippen LogP contribution is 2.19. The Morgan fingerprint density at radius 3 is 2.29 bits per heavy atom. The minimum Gasteiger partial charge on any atom is -0.312 e. The minimum atomic E-state index is -0.950. The molecule has 0 fully saturated rings. The van der Waals surface area contributed by atoms with Crippen LogP contribution in [0.2, 0.25) is 0 Å². The van der Waals surface area contributed by atoms with Gasteiger partial charge in [-0.3, -0.25) is 4.79 Å². The lowest BCUT2D eigenvalue weighted by atomic mass is 10.1. The number of hydrogen-bond donors (Lipinski definition) is 0. The first-order valence-electron chi connectivity index (χ1n) is 6.82. The Hall–Kier alpha value is -2.23. The van der Waals surface area contributed by atoms with Gasteiger partial charge in [0.1, 0.15) is 0 Å². The maximum Gasteiger partial charge on any atom is 0.231 e. The van der Waals surface area contributed by atoms with E-state index in [2.05, 4.69) is 0 Å². The average Bonchev–Trinajstić information content (AvgIpc) is 2.46. The third-order valence-corrected chi connectivity index (χ3v) is 3.31. The number of carbonyl (C=O) groups is 1. The summed E-state index contributed by atoms with van der Waals surface area (Å²) in [5.74, 6) is -2.01. The number of nitrogens with zero attached hydrogens (tertiary/aromatic N) is 1. The van der Waals surface area contributed by atoms with E-state index >= 15 is 0 Å². The molecule has 0 bridgehead atoms. The van der Waals surface area contributed by atoms with Crippen LogP contribution in [0, 0.1) is 18.6 Å². The van der Waals surface area contributed by atoms with Crippen LogP contribution in [0.1, 0.15) is 18.1 Å². The minimum absolute atomic E-state index is 0.146. The fourth-order valence-electron chi connectivity index (χ4n) is 2.13. The zero-order valence-electron chi connectivity index (χ0n) is 12.1. The predicted molar refractivity (Wildman–Crippen MR) is 79.3 cm³/mol. The SMILES string of the molecule is CCN(C(=O)Cc1ccc(C)cc1)c1ccc(F)c(F)c1. The van der Waals surface area contributed by atoms with Gasteiger partial charge in [-0.2, -0.15) is 0 Å². The van der Waals surface area contributed by atoms with Crippen LogP contribution in [-0.2, 0) is 11.2 Å². The molecular weight excluding hydrogens is 272 g/mol. The molecule has 0 atom stereocenters. The fraction of sp³-hybridized carbons (Fsp3) is 0.235. The quantitative estimate of drug-likeness (QED) is 0.836. The van der Waals surface area contributed by atoms with Crippen molar-refractivity contribution in [3.05, 3.63) is 65.2 Å². The van der Waals surface area contributed by atoms with Crippen LogP contribution < -0.4 is 4.90 Å². The van der Waals surface area contributed by atoms with Crippen molar-refractivity contribution >= 4 is 11.6 Å². The van der Waals surface area contributed by atoms with E-state index in [0.29, 0.717) is 12.2 Å². The van der Waals surface area contributed by atoms with Crippen LogP contribution in [0.4, 0.5) is 14.5 Å². The number of anilines is 1. The molecule has 0 spiro atoms. The Labute approximate surface area is 123 Å². The second kappa shape index (κ2) is 6.48. The van der Waals surface area contributed by atoms with Gasteiger partial charge in [0.15, 0.2) is 11.6 Å². The highest BCUT2D eigenvalue weighted by molar-refractivity contribution is 5.94. The smallest absolute Gasteiger partial charge is 0.231 e. The molecule has 0 saturated heterocycles. The number of benzene rings is 2. The van der Waals surface area contributed by atoms with Crippen molar-refractivity contribution < 1.29 is 13.6 Å². The number of hydrogen-bond acceptors (Lipinski definition) is 1. The van der Waals surface area contributed by atoms with Crippen molar-refractivity contribution in [1.29, 1.82) is 0 Å². The first-order chi connectivity index (χ1) is 10.0. The summed E-state index contributed by atoms with van der Waals surface area (Å²) in [5.41, 5.74) is 2.39. The number of rotatable bonds is 4. The fourth-order valence-corrected chi connectivity index (χ4v) is 2.13. The Morgan fingerprint density at radius 2 is 1.71 bits per heavy atom. The molecule has 0 aliphatic heterocycles. The third-order valence-electron chi connectivity index (χ3n) is 3.31. The zero-order valence-corrected chi connectivity index (χ0v) is 12.1. The number of carbonyl (C=O) groups excluding carboxylic acids is 1. The molecule has 0 N–H and O–H groups in total. The van der Waals surface area contributed by atoms with Crippen molar-refractivity contribution in [1.82, 2.24) is 0 Å². The molecule has 0 saturated carbocycles. The van der Waals surface area contributed by atoms with E-state index < -0.39 is 11.6 Å². The van der Waals surface area contributed by atoms with Gasteiger partial charge in [-0.1, -0.05) is 29.8 Å². The molecule has 4 heteroatoms. The number of amides is 1. The maximum absolute atomic E-state index is 13.3. The second-order valence-electron chi connectivity index (χ2n) is 4.90. The Bertz CT molecular complexity index is 638. The lowest BCUT2D eigenvalue weighted by molar-refractivity contribution is -0.117. The molecule has 1 amide bonds. The summed E-state index contributed by atoms with van der Waals surface area (Å²) in [6.07, 6.45) is 0.229. The Morgan fingerprint density at radius 1 is 1.05 bits per heavy atom. The molecule has 2 aromatic carbocycles. The van der Waals surface area contributed by atoms with Crippen molar-refractivity contribution in [2.75, 3.05) is 11.4 Å². The van der Waals surface area contributed by atoms with E-state index in [9.17, 15) is 13.6 Å². The Balaban J connectivity index is 2.18. The summed E-state index contributed by atoms with van der Waals surface area (Å²) in [6, 6.07) is 11.2. The second-order valence-corrected chi connectivity index (χ2v) is 4.90. The molecule has 0 aliphatic carbocycles. The van der Waals surface area contributed by atoms with E-state index in [4.69, 9.17) is 0 Å². The summed E-state index contributed by atoms with van der Waals surface area (Å²) in [4.78, 5) is 13.8. The molecular formula is C17H17F2NO.